The van der Waals surface area contributed by atoms with Gasteiger partial charge in [-0.15, -0.1) is 0 Å². The van der Waals surface area contributed by atoms with E-state index in [1.165, 1.54) is 24.5 Å². The van der Waals surface area contributed by atoms with Crippen molar-refractivity contribution in [2.24, 2.45) is 0 Å². The number of carbonyl (C=O) groups excluding carboxylic acids is 1. The van der Waals surface area contributed by atoms with E-state index in [4.69, 9.17) is 16.3 Å². The van der Waals surface area contributed by atoms with Crippen molar-refractivity contribution in [3.8, 4) is 0 Å². The number of rotatable bonds is 9. The van der Waals surface area contributed by atoms with Crippen LogP contribution in [0.15, 0.2) is 43.2 Å². The molecule has 0 spiro atoms. The van der Waals surface area contributed by atoms with E-state index < -0.39 is 5.82 Å². The van der Waals surface area contributed by atoms with E-state index in [2.05, 4.69) is 37.1 Å². The van der Waals surface area contributed by atoms with Crippen LogP contribution in [0, 0.1) is 5.82 Å². The highest BCUT2D eigenvalue weighted by Gasteiger charge is 2.15. The number of hydrogen-bond donors (Lipinski definition) is 2. The Kier molecular flexibility index (Phi) is 7.99. The van der Waals surface area contributed by atoms with Crippen molar-refractivity contribution in [3.05, 3.63) is 59.7 Å². The maximum Gasteiger partial charge on any atom is 0.248 e. The lowest BCUT2D eigenvalue weighted by atomic mass is 10.1. The Bertz CT molecular complexity index is 1190. The second kappa shape index (κ2) is 11.3. The van der Waals surface area contributed by atoms with Gasteiger partial charge in [-0.1, -0.05) is 18.2 Å². The first-order valence-corrected chi connectivity index (χ1v) is 11.5. The standard InChI is InChI=1S/C24H26ClFN6O2/c1-2-21(33)30-23-16(5-3-4-8-32-9-11-34-12-10-32)13-20-22(31-23)24(28-15-27-20)29-17-6-7-19(26)18(25)14-17/h2,6-7,13-15H,1,3-5,8-12H2,(H,27,28,29)(H,30,31,33). The van der Waals surface area contributed by atoms with Gasteiger partial charge in [-0.25, -0.2) is 19.3 Å². The summed E-state index contributed by atoms with van der Waals surface area (Å²) >= 11 is 5.90. The van der Waals surface area contributed by atoms with Gasteiger partial charge < -0.3 is 15.4 Å². The van der Waals surface area contributed by atoms with Crippen molar-refractivity contribution in [2.45, 2.75) is 19.3 Å². The molecule has 0 aliphatic carbocycles. The number of ether oxygens (including phenoxy) is 1. The molecule has 0 saturated carbocycles. The molecule has 1 aliphatic rings. The van der Waals surface area contributed by atoms with Crippen molar-refractivity contribution in [1.29, 1.82) is 0 Å². The monoisotopic (exact) mass is 484 g/mol. The molecular weight excluding hydrogens is 459 g/mol. The molecule has 10 heteroatoms. The maximum atomic E-state index is 13.5. The summed E-state index contributed by atoms with van der Waals surface area (Å²) in [7, 11) is 0. The number of hydrogen-bond acceptors (Lipinski definition) is 7. The Morgan fingerprint density at radius 3 is 2.79 bits per heavy atom. The molecule has 178 valence electrons. The summed E-state index contributed by atoms with van der Waals surface area (Å²) in [4.78, 5) is 27.8. The molecule has 4 rings (SSSR count). The number of anilines is 3. The molecular formula is C24H26ClFN6O2. The number of benzene rings is 1. The topological polar surface area (TPSA) is 92.3 Å². The third kappa shape index (κ3) is 6.05. The van der Waals surface area contributed by atoms with E-state index >= 15 is 0 Å². The minimum Gasteiger partial charge on any atom is -0.379 e. The molecule has 3 heterocycles. The van der Waals surface area contributed by atoms with Crippen LogP contribution in [0.25, 0.3) is 11.0 Å². The van der Waals surface area contributed by atoms with E-state index in [1.54, 1.807) is 6.07 Å². The first-order valence-electron chi connectivity index (χ1n) is 11.1. The predicted octanol–water partition coefficient (Wildman–Crippen LogP) is 4.34. The average Bonchev–Trinajstić information content (AvgIpc) is 2.85. The molecule has 2 N–H and O–H groups in total. The van der Waals surface area contributed by atoms with Crippen LogP contribution in [-0.4, -0.2) is 58.6 Å². The second-order valence-electron chi connectivity index (χ2n) is 7.94. The fraction of sp³-hybridized carbons (Fsp3) is 0.333. The number of nitrogens with one attached hydrogen (secondary N) is 2. The number of halogens is 2. The number of nitrogens with zero attached hydrogens (tertiary/aromatic N) is 4. The van der Waals surface area contributed by atoms with Gasteiger partial charge in [0.2, 0.25) is 5.91 Å². The van der Waals surface area contributed by atoms with Gasteiger partial charge in [0, 0.05) is 18.8 Å². The molecule has 0 bridgehead atoms. The highest BCUT2D eigenvalue weighted by Crippen LogP contribution is 2.28. The molecule has 1 aliphatic heterocycles. The molecule has 34 heavy (non-hydrogen) atoms. The third-order valence-electron chi connectivity index (χ3n) is 5.57. The molecule has 2 aromatic heterocycles. The van der Waals surface area contributed by atoms with E-state index in [-0.39, 0.29) is 10.9 Å². The number of morpholine rings is 1. The maximum absolute atomic E-state index is 13.5. The Balaban J connectivity index is 1.56. The summed E-state index contributed by atoms with van der Waals surface area (Å²) in [5.74, 6) is 0.00284. The lowest BCUT2D eigenvalue weighted by molar-refractivity contribution is -0.111. The number of fused-ring (bicyclic) bond motifs is 1. The lowest BCUT2D eigenvalue weighted by Gasteiger charge is -2.26. The minimum absolute atomic E-state index is 0.00498. The molecule has 3 aromatic rings. The van der Waals surface area contributed by atoms with Gasteiger partial charge in [-0.3, -0.25) is 9.69 Å². The summed E-state index contributed by atoms with van der Waals surface area (Å²) in [6.45, 7) is 8.03. The van der Waals surface area contributed by atoms with Crippen LogP contribution < -0.4 is 10.6 Å². The van der Waals surface area contributed by atoms with Gasteiger partial charge in [0.05, 0.1) is 23.8 Å². The van der Waals surface area contributed by atoms with Crippen molar-refractivity contribution in [1.82, 2.24) is 19.9 Å². The molecule has 1 saturated heterocycles. The Morgan fingerprint density at radius 2 is 2.03 bits per heavy atom. The summed E-state index contributed by atoms with van der Waals surface area (Å²) in [5.41, 5.74) is 2.54. The van der Waals surface area contributed by atoms with Crippen LogP contribution >= 0.6 is 11.6 Å². The van der Waals surface area contributed by atoms with Crippen molar-refractivity contribution < 1.29 is 13.9 Å². The Morgan fingerprint density at radius 1 is 1.21 bits per heavy atom. The molecule has 1 amide bonds. The fourth-order valence-corrected chi connectivity index (χ4v) is 3.95. The van der Waals surface area contributed by atoms with Gasteiger partial charge in [0.25, 0.3) is 0 Å². The van der Waals surface area contributed by atoms with Crippen molar-refractivity contribution in [2.75, 3.05) is 43.5 Å². The van der Waals surface area contributed by atoms with Crippen molar-refractivity contribution >= 4 is 45.9 Å². The third-order valence-corrected chi connectivity index (χ3v) is 5.86. The van der Waals surface area contributed by atoms with E-state index in [0.717, 1.165) is 57.7 Å². The van der Waals surface area contributed by atoms with E-state index in [1.807, 2.05) is 6.07 Å². The zero-order valence-electron chi connectivity index (χ0n) is 18.7. The SMILES string of the molecule is C=CC(=O)Nc1nc2c(Nc3ccc(F)c(Cl)c3)ncnc2cc1CCCCN1CCOCC1. The van der Waals surface area contributed by atoms with Crippen molar-refractivity contribution in [3.63, 3.8) is 0 Å². The zero-order chi connectivity index (χ0) is 23.9. The summed E-state index contributed by atoms with van der Waals surface area (Å²) in [6.07, 6.45) is 5.33. The number of aromatic nitrogens is 3. The number of pyridine rings is 1. The highest BCUT2D eigenvalue weighted by atomic mass is 35.5. The molecule has 8 nitrogen and oxygen atoms in total. The second-order valence-corrected chi connectivity index (χ2v) is 8.35. The first-order chi connectivity index (χ1) is 16.5. The molecule has 0 radical (unpaired) electrons. The molecule has 1 fully saturated rings. The van der Waals surface area contributed by atoms with Crippen LogP contribution in [0.2, 0.25) is 5.02 Å². The Hall–Kier alpha value is -3.14. The largest absolute Gasteiger partial charge is 0.379 e. The Labute approximate surface area is 202 Å². The molecule has 0 unspecified atom stereocenters. The van der Waals surface area contributed by atoms with Gasteiger partial charge in [0.15, 0.2) is 5.82 Å². The van der Waals surface area contributed by atoms with Crippen LogP contribution in [0.3, 0.4) is 0 Å². The highest BCUT2D eigenvalue weighted by molar-refractivity contribution is 6.31. The summed E-state index contributed by atoms with van der Waals surface area (Å²) in [6, 6.07) is 6.21. The average molecular weight is 485 g/mol. The van der Waals surface area contributed by atoms with Gasteiger partial charge in [0.1, 0.15) is 23.5 Å². The fourth-order valence-electron chi connectivity index (χ4n) is 3.77. The smallest absolute Gasteiger partial charge is 0.248 e. The van der Waals surface area contributed by atoms with Crippen LogP contribution in [0.1, 0.15) is 18.4 Å². The van der Waals surface area contributed by atoms with Crippen LogP contribution in [0.4, 0.5) is 21.7 Å². The first kappa shape index (κ1) is 24.0. The number of aryl methyl sites for hydroxylation is 1. The van der Waals surface area contributed by atoms with E-state index in [9.17, 15) is 9.18 Å². The minimum atomic E-state index is -0.509. The lowest BCUT2D eigenvalue weighted by Crippen LogP contribution is -2.36. The molecule has 1 aromatic carbocycles. The number of unbranched alkanes of at least 4 members (excludes halogenated alkanes) is 1. The normalized spacial score (nSPS) is 14.2. The zero-order valence-corrected chi connectivity index (χ0v) is 19.4. The number of carbonyl (C=O) groups is 1. The van der Waals surface area contributed by atoms with Crippen LogP contribution in [0.5, 0.6) is 0 Å². The predicted molar refractivity (Wildman–Crippen MR) is 131 cm³/mol. The van der Waals surface area contributed by atoms with E-state index in [0.29, 0.717) is 28.4 Å². The summed E-state index contributed by atoms with van der Waals surface area (Å²) in [5, 5.41) is 5.90. The van der Waals surface area contributed by atoms with Crippen LogP contribution in [-0.2, 0) is 16.0 Å². The van der Waals surface area contributed by atoms with Gasteiger partial charge >= 0.3 is 0 Å². The molecule has 0 atom stereocenters. The van der Waals surface area contributed by atoms with Gasteiger partial charge in [-0.05, 0) is 61.7 Å². The summed E-state index contributed by atoms with van der Waals surface area (Å²) < 4.78 is 18.9. The van der Waals surface area contributed by atoms with Gasteiger partial charge in [-0.2, -0.15) is 0 Å². The number of amides is 1. The quantitative estimate of drug-likeness (QED) is 0.345.